The second-order valence-corrected chi connectivity index (χ2v) is 4.73. The van der Waals surface area contributed by atoms with Crippen LogP contribution in [0.5, 0.6) is 11.6 Å². The van der Waals surface area contributed by atoms with Crippen molar-refractivity contribution in [3.05, 3.63) is 59.7 Å². The minimum atomic E-state index is 0.272. The van der Waals surface area contributed by atoms with Crippen LogP contribution in [-0.4, -0.2) is 4.98 Å². The molecule has 0 atom stereocenters. The number of benzene rings is 2. The minimum absolute atomic E-state index is 0.272. The van der Waals surface area contributed by atoms with Gasteiger partial charge in [0.2, 0.25) is 5.88 Å². The number of hydrogen-bond donors (Lipinski definition) is 1. The first kappa shape index (κ1) is 12.9. The molecule has 0 bridgehead atoms. The van der Waals surface area contributed by atoms with Gasteiger partial charge in [-0.25, -0.2) is 4.98 Å². The van der Waals surface area contributed by atoms with Crippen molar-refractivity contribution >= 4 is 16.6 Å². The number of pyridine rings is 1. The van der Waals surface area contributed by atoms with Crippen molar-refractivity contribution in [3.63, 3.8) is 0 Å². The fourth-order valence-corrected chi connectivity index (χ4v) is 2.10. The second kappa shape index (κ2) is 5.14. The highest BCUT2D eigenvalue weighted by Gasteiger charge is 2.11. The molecule has 4 nitrogen and oxygen atoms in total. The minimum Gasteiger partial charge on any atom is -0.435 e. The third kappa shape index (κ3) is 2.37. The quantitative estimate of drug-likeness (QED) is 0.722. The van der Waals surface area contributed by atoms with Gasteiger partial charge in [-0.1, -0.05) is 30.3 Å². The third-order valence-corrected chi connectivity index (χ3v) is 3.30. The molecular weight excluding hydrogens is 262 g/mol. The summed E-state index contributed by atoms with van der Waals surface area (Å²) in [4.78, 5) is 4.41. The van der Waals surface area contributed by atoms with E-state index in [1.807, 2.05) is 43.3 Å². The molecule has 0 unspecified atom stereocenters. The lowest BCUT2D eigenvalue weighted by atomic mass is 10.1. The lowest BCUT2D eigenvalue weighted by Gasteiger charge is -2.11. The Bertz CT molecular complexity index is 866. The van der Waals surface area contributed by atoms with Gasteiger partial charge in [-0.3, -0.25) is 0 Å². The first-order chi connectivity index (χ1) is 10.2. The van der Waals surface area contributed by atoms with Gasteiger partial charge in [0.1, 0.15) is 11.6 Å². The van der Waals surface area contributed by atoms with Gasteiger partial charge in [0.05, 0.1) is 11.2 Å². The molecule has 3 rings (SSSR count). The summed E-state index contributed by atoms with van der Waals surface area (Å²) >= 11 is 0. The predicted molar refractivity (Wildman–Crippen MR) is 82.1 cm³/mol. The van der Waals surface area contributed by atoms with Gasteiger partial charge < -0.3 is 10.5 Å². The van der Waals surface area contributed by atoms with E-state index in [0.717, 1.165) is 16.5 Å². The van der Waals surface area contributed by atoms with E-state index in [4.69, 9.17) is 10.5 Å². The Morgan fingerprint density at radius 1 is 1.14 bits per heavy atom. The zero-order valence-corrected chi connectivity index (χ0v) is 11.5. The Morgan fingerprint density at radius 3 is 2.76 bits per heavy atom. The Balaban J connectivity index is 2.11. The highest BCUT2D eigenvalue weighted by Crippen LogP contribution is 2.31. The smallest absolute Gasteiger partial charge is 0.237 e. The van der Waals surface area contributed by atoms with Gasteiger partial charge in [0.15, 0.2) is 5.75 Å². The summed E-state index contributed by atoms with van der Waals surface area (Å²) in [5.74, 6) is 0.780. The summed E-state index contributed by atoms with van der Waals surface area (Å²) in [6.07, 6.45) is 0. The number of rotatable bonds is 2. The highest BCUT2D eigenvalue weighted by atomic mass is 16.5. The molecule has 0 aliphatic heterocycles. The molecule has 3 aromatic rings. The van der Waals surface area contributed by atoms with Gasteiger partial charge in [-0.05, 0) is 30.7 Å². The molecule has 0 radical (unpaired) electrons. The van der Waals surface area contributed by atoms with Crippen LogP contribution in [0.25, 0.3) is 10.9 Å². The monoisotopic (exact) mass is 275 g/mol. The van der Waals surface area contributed by atoms with Crippen molar-refractivity contribution in [3.8, 4) is 17.7 Å². The zero-order valence-electron chi connectivity index (χ0n) is 11.5. The maximum atomic E-state index is 9.28. The van der Waals surface area contributed by atoms with Crippen molar-refractivity contribution in [1.29, 1.82) is 5.26 Å². The van der Waals surface area contributed by atoms with Crippen LogP contribution in [0, 0.1) is 18.3 Å². The summed E-state index contributed by atoms with van der Waals surface area (Å²) in [6, 6.07) is 17.0. The van der Waals surface area contributed by atoms with Gasteiger partial charge in [-0.2, -0.15) is 5.26 Å². The normalized spacial score (nSPS) is 10.3. The van der Waals surface area contributed by atoms with Crippen LogP contribution in [0.1, 0.15) is 11.1 Å². The number of para-hydroxylation sites is 2. The Morgan fingerprint density at radius 2 is 1.95 bits per heavy atom. The number of nitrogens with two attached hydrogens (primary N) is 1. The molecule has 0 amide bonds. The van der Waals surface area contributed by atoms with E-state index in [1.165, 1.54) is 0 Å². The Labute approximate surface area is 122 Å². The standard InChI is InChI=1S/C17H13N3O/c1-11-5-4-8-15(16(11)19)21-17-13(10-18)9-12-6-2-3-7-14(12)20-17/h2-9H,19H2,1H3. The maximum absolute atomic E-state index is 9.28. The van der Waals surface area contributed by atoms with Crippen molar-refractivity contribution in [1.82, 2.24) is 4.98 Å². The topological polar surface area (TPSA) is 71.9 Å². The van der Waals surface area contributed by atoms with Crippen LogP contribution in [0.2, 0.25) is 0 Å². The highest BCUT2D eigenvalue weighted by molar-refractivity contribution is 5.81. The van der Waals surface area contributed by atoms with E-state index >= 15 is 0 Å². The molecule has 2 N–H and O–H groups in total. The number of hydrogen-bond acceptors (Lipinski definition) is 4. The largest absolute Gasteiger partial charge is 0.435 e. The lowest BCUT2D eigenvalue weighted by Crippen LogP contribution is -1.98. The number of ether oxygens (including phenoxy) is 1. The molecule has 21 heavy (non-hydrogen) atoms. The number of anilines is 1. The molecule has 1 heterocycles. The van der Waals surface area contributed by atoms with Crippen LogP contribution in [0.3, 0.4) is 0 Å². The third-order valence-electron chi connectivity index (χ3n) is 3.30. The average molecular weight is 275 g/mol. The Kier molecular flexibility index (Phi) is 3.17. The van der Waals surface area contributed by atoms with Crippen molar-refractivity contribution in [2.75, 3.05) is 5.73 Å². The van der Waals surface area contributed by atoms with E-state index in [-0.39, 0.29) is 5.88 Å². The predicted octanol–water partition coefficient (Wildman–Crippen LogP) is 3.79. The van der Waals surface area contributed by atoms with Gasteiger partial charge in [-0.15, -0.1) is 0 Å². The molecule has 1 aromatic heterocycles. The molecule has 0 fully saturated rings. The first-order valence-corrected chi connectivity index (χ1v) is 6.52. The number of aryl methyl sites for hydroxylation is 1. The van der Waals surface area contributed by atoms with Crippen molar-refractivity contribution in [2.45, 2.75) is 6.92 Å². The van der Waals surface area contributed by atoms with Crippen molar-refractivity contribution < 1.29 is 4.74 Å². The van der Waals surface area contributed by atoms with Crippen LogP contribution in [0.4, 0.5) is 5.69 Å². The zero-order chi connectivity index (χ0) is 14.8. The van der Waals surface area contributed by atoms with Gasteiger partial charge in [0.25, 0.3) is 0 Å². The molecule has 102 valence electrons. The van der Waals surface area contributed by atoms with Crippen molar-refractivity contribution in [2.24, 2.45) is 0 Å². The maximum Gasteiger partial charge on any atom is 0.237 e. The SMILES string of the molecule is Cc1cccc(Oc2nc3ccccc3cc2C#N)c1N. The average Bonchev–Trinajstić information content (AvgIpc) is 2.51. The van der Waals surface area contributed by atoms with E-state index in [2.05, 4.69) is 11.1 Å². The van der Waals surface area contributed by atoms with Gasteiger partial charge >= 0.3 is 0 Å². The number of nitrogen functional groups attached to an aromatic ring is 1. The first-order valence-electron chi connectivity index (χ1n) is 6.52. The summed E-state index contributed by atoms with van der Waals surface area (Å²) in [5, 5.41) is 10.2. The van der Waals surface area contributed by atoms with Crippen LogP contribution < -0.4 is 10.5 Å². The Hall–Kier alpha value is -3.06. The number of nitrogens with zero attached hydrogens (tertiary/aromatic N) is 2. The molecule has 0 aliphatic carbocycles. The summed E-state index contributed by atoms with van der Waals surface area (Å²) < 4.78 is 5.76. The fraction of sp³-hybridized carbons (Fsp3) is 0.0588. The summed E-state index contributed by atoms with van der Waals surface area (Å²) in [6.45, 7) is 1.90. The summed E-state index contributed by atoms with van der Waals surface area (Å²) in [5.41, 5.74) is 8.63. The second-order valence-electron chi connectivity index (χ2n) is 4.73. The van der Waals surface area contributed by atoms with Crippen LogP contribution in [-0.2, 0) is 0 Å². The molecule has 4 heteroatoms. The number of fused-ring (bicyclic) bond motifs is 1. The number of aromatic nitrogens is 1. The molecule has 0 aliphatic rings. The van der Waals surface area contributed by atoms with Gasteiger partial charge in [0, 0.05) is 5.39 Å². The molecule has 0 saturated heterocycles. The fourth-order valence-electron chi connectivity index (χ4n) is 2.10. The van der Waals surface area contributed by atoms with Crippen LogP contribution >= 0.6 is 0 Å². The molecule has 0 saturated carbocycles. The van der Waals surface area contributed by atoms with E-state index in [0.29, 0.717) is 17.0 Å². The molecular formula is C17H13N3O. The van der Waals surface area contributed by atoms with E-state index in [1.54, 1.807) is 12.1 Å². The van der Waals surface area contributed by atoms with Crippen LogP contribution in [0.15, 0.2) is 48.5 Å². The van der Waals surface area contributed by atoms with E-state index < -0.39 is 0 Å². The van der Waals surface area contributed by atoms with E-state index in [9.17, 15) is 5.26 Å². The molecule has 0 spiro atoms. The lowest BCUT2D eigenvalue weighted by molar-refractivity contribution is 0.465. The number of nitriles is 1. The molecule has 2 aromatic carbocycles. The summed E-state index contributed by atoms with van der Waals surface area (Å²) in [7, 11) is 0.